The number of alkyl halides is 3. The minimum atomic E-state index is -4.65. The summed E-state index contributed by atoms with van der Waals surface area (Å²) in [6.45, 7) is 1.21. The normalized spacial score (nSPS) is 17.2. The monoisotopic (exact) mass is 447 g/mol. The first-order valence-corrected chi connectivity index (χ1v) is 9.64. The van der Waals surface area contributed by atoms with E-state index in [1.165, 1.54) is 14.2 Å². The molecule has 1 fully saturated rings. The van der Waals surface area contributed by atoms with Gasteiger partial charge >= 0.3 is 6.18 Å². The summed E-state index contributed by atoms with van der Waals surface area (Å²) >= 11 is 0.764. The Morgan fingerprint density at radius 2 is 1.93 bits per heavy atom. The molecule has 2 aromatic heterocycles. The van der Waals surface area contributed by atoms with E-state index in [0.29, 0.717) is 13.1 Å². The second-order valence-electron chi connectivity index (χ2n) is 6.39. The molecule has 0 spiro atoms. The lowest BCUT2D eigenvalue weighted by molar-refractivity contribution is -0.141. The van der Waals surface area contributed by atoms with Crippen molar-refractivity contribution in [2.24, 2.45) is 0 Å². The molecule has 0 bridgehead atoms. The van der Waals surface area contributed by atoms with Crippen molar-refractivity contribution in [3.05, 3.63) is 22.5 Å². The van der Waals surface area contributed by atoms with Gasteiger partial charge in [-0.1, -0.05) is 11.3 Å². The van der Waals surface area contributed by atoms with Gasteiger partial charge in [-0.3, -0.25) is 15.0 Å². The first kappa shape index (κ1) is 22.2. The van der Waals surface area contributed by atoms with E-state index < -0.39 is 17.8 Å². The fourth-order valence-corrected chi connectivity index (χ4v) is 4.11. The van der Waals surface area contributed by atoms with Crippen LogP contribution in [0.5, 0.6) is 11.8 Å². The van der Waals surface area contributed by atoms with Gasteiger partial charge < -0.3 is 14.2 Å². The van der Waals surface area contributed by atoms with Gasteiger partial charge in [0.15, 0.2) is 16.4 Å². The predicted molar refractivity (Wildman–Crippen MR) is 101 cm³/mol. The van der Waals surface area contributed by atoms with Crippen LogP contribution in [-0.2, 0) is 17.5 Å². The first-order valence-electron chi connectivity index (χ1n) is 8.83. The number of ether oxygens (including phenoxy) is 3. The Kier molecular flexibility index (Phi) is 6.73. The molecule has 0 aliphatic carbocycles. The highest BCUT2D eigenvalue weighted by molar-refractivity contribution is 7.15. The Bertz CT molecular complexity index is 886. The van der Waals surface area contributed by atoms with Gasteiger partial charge in [0.2, 0.25) is 11.8 Å². The van der Waals surface area contributed by atoms with Gasteiger partial charge in [-0.15, -0.1) is 0 Å². The van der Waals surface area contributed by atoms with Crippen LogP contribution in [0.4, 0.5) is 18.3 Å². The molecule has 0 saturated carbocycles. The smallest absolute Gasteiger partial charge is 0.434 e. The van der Waals surface area contributed by atoms with Gasteiger partial charge in [-0.25, -0.2) is 15.0 Å². The third-order valence-electron chi connectivity index (χ3n) is 4.51. The van der Waals surface area contributed by atoms with Gasteiger partial charge in [-0.05, 0) is 6.42 Å². The highest BCUT2D eigenvalue weighted by atomic mass is 32.1. The van der Waals surface area contributed by atoms with Gasteiger partial charge in [-0.2, -0.15) is 13.2 Å². The van der Waals surface area contributed by atoms with E-state index in [4.69, 9.17) is 14.2 Å². The van der Waals surface area contributed by atoms with Gasteiger partial charge in [0.1, 0.15) is 6.33 Å². The summed E-state index contributed by atoms with van der Waals surface area (Å²) in [7, 11) is 4.17. The van der Waals surface area contributed by atoms with Crippen molar-refractivity contribution in [3.63, 3.8) is 0 Å². The van der Waals surface area contributed by atoms with E-state index in [-0.39, 0.29) is 40.0 Å². The average molecular weight is 447 g/mol. The SMILES string of the molecule is COc1ncnc(OC)c1C(=O)Nc1nc(C(F)(F)F)c(CN2CC[C@@H](OC)C2)s1. The van der Waals surface area contributed by atoms with E-state index in [1.807, 2.05) is 4.90 Å². The third kappa shape index (κ3) is 4.79. The molecule has 13 heteroatoms. The second-order valence-corrected chi connectivity index (χ2v) is 7.48. The summed E-state index contributed by atoms with van der Waals surface area (Å²) in [4.78, 5) is 25.8. The van der Waals surface area contributed by atoms with Crippen LogP contribution in [0, 0.1) is 0 Å². The number of nitrogens with one attached hydrogen (secondary N) is 1. The molecule has 1 aliphatic rings. The minimum absolute atomic E-state index is 0.00978. The quantitative estimate of drug-likeness (QED) is 0.691. The summed E-state index contributed by atoms with van der Waals surface area (Å²) in [6.07, 6.45) is -2.78. The summed E-state index contributed by atoms with van der Waals surface area (Å²) < 4.78 is 55.8. The number of carbonyl (C=O) groups is 1. The Balaban J connectivity index is 1.85. The number of carbonyl (C=O) groups excluding carboxylic acids is 1. The zero-order valence-corrected chi connectivity index (χ0v) is 17.3. The first-order chi connectivity index (χ1) is 14.3. The second kappa shape index (κ2) is 9.10. The van der Waals surface area contributed by atoms with Crippen LogP contribution in [0.2, 0.25) is 0 Å². The van der Waals surface area contributed by atoms with E-state index in [9.17, 15) is 18.0 Å². The molecule has 2 aromatic rings. The Morgan fingerprint density at radius 3 is 2.47 bits per heavy atom. The van der Waals surface area contributed by atoms with Crippen molar-refractivity contribution < 1.29 is 32.2 Å². The van der Waals surface area contributed by atoms with Crippen molar-refractivity contribution in [1.29, 1.82) is 0 Å². The molecular formula is C17H20F3N5O4S. The molecule has 1 amide bonds. The lowest BCUT2D eigenvalue weighted by Crippen LogP contribution is -2.23. The van der Waals surface area contributed by atoms with Crippen LogP contribution < -0.4 is 14.8 Å². The van der Waals surface area contributed by atoms with Crippen molar-refractivity contribution in [2.75, 3.05) is 39.7 Å². The topological polar surface area (TPSA) is 98.7 Å². The molecule has 30 heavy (non-hydrogen) atoms. The summed E-state index contributed by atoms with van der Waals surface area (Å²) in [5.41, 5.74) is -1.16. The van der Waals surface area contributed by atoms with Crippen LogP contribution in [0.3, 0.4) is 0 Å². The number of aromatic nitrogens is 3. The van der Waals surface area contributed by atoms with Crippen LogP contribution >= 0.6 is 11.3 Å². The molecule has 0 aromatic carbocycles. The predicted octanol–water partition coefficient (Wildman–Crippen LogP) is 2.44. The summed E-state index contributed by atoms with van der Waals surface area (Å²) in [5, 5.41) is 2.17. The van der Waals surface area contributed by atoms with E-state index in [0.717, 1.165) is 24.1 Å². The van der Waals surface area contributed by atoms with Crippen LogP contribution in [0.25, 0.3) is 0 Å². The number of amides is 1. The number of thiazole rings is 1. The molecule has 9 nitrogen and oxygen atoms in total. The molecule has 3 heterocycles. The van der Waals surface area contributed by atoms with Gasteiger partial charge in [0.05, 0.1) is 25.2 Å². The van der Waals surface area contributed by atoms with Crippen LogP contribution in [0.15, 0.2) is 6.33 Å². The number of rotatable bonds is 7. The van der Waals surface area contributed by atoms with Crippen molar-refractivity contribution in [1.82, 2.24) is 19.9 Å². The Labute approximate surface area is 174 Å². The summed E-state index contributed by atoms with van der Waals surface area (Å²) in [6, 6.07) is 0. The molecule has 1 aliphatic heterocycles. The number of anilines is 1. The fourth-order valence-electron chi connectivity index (χ4n) is 3.09. The minimum Gasteiger partial charge on any atom is -0.480 e. The zero-order chi connectivity index (χ0) is 21.9. The van der Waals surface area contributed by atoms with Crippen molar-refractivity contribution >= 4 is 22.4 Å². The largest absolute Gasteiger partial charge is 0.480 e. The van der Waals surface area contributed by atoms with Crippen LogP contribution in [0.1, 0.15) is 27.3 Å². The highest BCUT2D eigenvalue weighted by Crippen LogP contribution is 2.38. The molecule has 0 radical (unpaired) electrons. The number of halogens is 3. The summed E-state index contributed by atoms with van der Waals surface area (Å²) in [5.74, 6) is -0.941. The molecule has 0 unspecified atom stereocenters. The fraction of sp³-hybridized carbons (Fsp3) is 0.529. The van der Waals surface area contributed by atoms with E-state index in [2.05, 4.69) is 20.3 Å². The van der Waals surface area contributed by atoms with Crippen LogP contribution in [-0.4, -0.2) is 66.3 Å². The molecular weight excluding hydrogens is 427 g/mol. The van der Waals surface area contributed by atoms with Crippen molar-refractivity contribution in [2.45, 2.75) is 25.2 Å². The number of hydrogen-bond acceptors (Lipinski definition) is 9. The highest BCUT2D eigenvalue weighted by Gasteiger charge is 2.39. The number of nitrogens with zero attached hydrogens (tertiary/aromatic N) is 4. The number of hydrogen-bond donors (Lipinski definition) is 1. The van der Waals surface area contributed by atoms with Gasteiger partial charge in [0.25, 0.3) is 5.91 Å². The Hall–Kier alpha value is -2.51. The van der Waals surface area contributed by atoms with Crippen molar-refractivity contribution in [3.8, 4) is 11.8 Å². The lowest BCUT2D eigenvalue weighted by Gasteiger charge is -2.15. The molecule has 1 saturated heterocycles. The van der Waals surface area contributed by atoms with Gasteiger partial charge in [0, 0.05) is 26.7 Å². The molecule has 3 rings (SSSR count). The average Bonchev–Trinajstić information content (AvgIpc) is 3.33. The molecule has 164 valence electrons. The number of methoxy groups -OCH3 is 3. The standard InChI is InChI=1S/C17H20F3N5O4S/c1-27-9-4-5-25(6-9)7-10-12(17(18,19)20)23-16(30-10)24-13(26)11-14(28-2)21-8-22-15(11)29-3/h8-9H,4-7H2,1-3H3,(H,23,24,26)/t9-/m1/s1. The van der Waals surface area contributed by atoms with E-state index in [1.54, 1.807) is 7.11 Å². The third-order valence-corrected chi connectivity index (χ3v) is 5.46. The maximum atomic E-state index is 13.5. The number of likely N-dealkylation sites (tertiary alicyclic amines) is 1. The van der Waals surface area contributed by atoms with E-state index >= 15 is 0 Å². The molecule has 1 N–H and O–H groups in total. The zero-order valence-electron chi connectivity index (χ0n) is 16.4. The maximum absolute atomic E-state index is 13.5. The maximum Gasteiger partial charge on any atom is 0.434 e. The molecule has 1 atom stereocenters. The lowest BCUT2D eigenvalue weighted by atomic mass is 10.3. The Morgan fingerprint density at radius 1 is 1.27 bits per heavy atom.